The Labute approximate surface area is 194 Å². The Morgan fingerprint density at radius 2 is 1.53 bits per heavy atom. The van der Waals surface area contributed by atoms with Gasteiger partial charge in [-0.3, -0.25) is 19.4 Å². The van der Waals surface area contributed by atoms with Crippen LogP contribution >= 0.6 is 0 Å². The van der Waals surface area contributed by atoms with Gasteiger partial charge < -0.3 is 5.32 Å². The Balaban J connectivity index is 1.45. The average molecular weight is 454 g/mol. The highest BCUT2D eigenvalue weighted by molar-refractivity contribution is 6.24. The second-order valence-corrected chi connectivity index (χ2v) is 8.54. The smallest absolute Gasteiger partial charge is 0.249 e. The molecule has 34 heavy (non-hydrogen) atoms. The molecule has 8 heteroatoms. The average Bonchev–Trinajstić information content (AvgIpc) is 3.33. The zero-order valence-corrected chi connectivity index (χ0v) is 17.8. The number of carbonyl (C=O) groups excluding carboxylic acids is 3. The van der Waals surface area contributed by atoms with Gasteiger partial charge in [0.25, 0.3) is 0 Å². The van der Waals surface area contributed by atoms with Crippen LogP contribution in [0.2, 0.25) is 0 Å². The van der Waals surface area contributed by atoms with E-state index in [-0.39, 0.29) is 5.69 Å². The molecular weight excluding hydrogens is 435 g/mol. The van der Waals surface area contributed by atoms with Crippen molar-refractivity contribution in [2.75, 3.05) is 10.2 Å². The Morgan fingerprint density at radius 1 is 0.853 bits per heavy atom. The molecule has 2 saturated heterocycles. The lowest BCUT2D eigenvalue weighted by molar-refractivity contribution is -0.129. The summed E-state index contributed by atoms with van der Waals surface area (Å²) < 4.78 is 13.5. The van der Waals surface area contributed by atoms with Crippen LogP contribution in [0, 0.1) is 17.7 Å². The van der Waals surface area contributed by atoms with Crippen molar-refractivity contribution in [3.05, 3.63) is 95.8 Å². The lowest BCUT2D eigenvalue weighted by atomic mass is 9.85. The van der Waals surface area contributed by atoms with Gasteiger partial charge >= 0.3 is 0 Å². The molecule has 4 atom stereocenters. The molecule has 0 aromatic heterocycles. The van der Waals surface area contributed by atoms with Crippen molar-refractivity contribution in [3.63, 3.8) is 0 Å². The van der Waals surface area contributed by atoms with Crippen LogP contribution in [0.5, 0.6) is 0 Å². The molecule has 3 amide bonds. The minimum Gasteiger partial charge on any atom is -0.324 e. The molecule has 2 fully saturated rings. The summed E-state index contributed by atoms with van der Waals surface area (Å²) in [5, 5.41) is 8.97. The minimum atomic E-state index is -0.985. The van der Waals surface area contributed by atoms with Crippen molar-refractivity contribution in [3.8, 4) is 0 Å². The fourth-order valence-corrected chi connectivity index (χ4v) is 5.25. The third-order valence-electron chi connectivity index (χ3n) is 6.69. The van der Waals surface area contributed by atoms with E-state index < -0.39 is 47.5 Å². The quantitative estimate of drug-likeness (QED) is 0.616. The highest BCUT2D eigenvalue weighted by atomic mass is 19.1. The zero-order valence-electron chi connectivity index (χ0n) is 17.8. The number of amides is 3. The van der Waals surface area contributed by atoms with Gasteiger partial charge in [-0.2, -0.15) is 5.10 Å². The van der Waals surface area contributed by atoms with E-state index in [4.69, 9.17) is 0 Å². The van der Waals surface area contributed by atoms with Crippen molar-refractivity contribution in [1.29, 1.82) is 0 Å². The molecule has 7 nitrogen and oxygen atoms in total. The monoisotopic (exact) mass is 454 g/mol. The van der Waals surface area contributed by atoms with Crippen molar-refractivity contribution in [2.24, 2.45) is 16.9 Å². The topological polar surface area (TPSA) is 82.1 Å². The third kappa shape index (κ3) is 2.95. The van der Waals surface area contributed by atoms with E-state index >= 15 is 0 Å². The maximum Gasteiger partial charge on any atom is 0.249 e. The molecule has 0 unspecified atom stereocenters. The number of nitrogens with zero attached hydrogens (tertiary/aromatic N) is 3. The molecule has 6 rings (SSSR count). The van der Waals surface area contributed by atoms with E-state index in [0.29, 0.717) is 5.69 Å². The van der Waals surface area contributed by atoms with Gasteiger partial charge in [-0.05, 0) is 47.5 Å². The fraction of sp³-hybridized carbons (Fsp3) is 0.154. The van der Waals surface area contributed by atoms with Crippen molar-refractivity contribution < 1.29 is 18.8 Å². The lowest BCUT2D eigenvalue weighted by Gasteiger charge is -2.33. The summed E-state index contributed by atoms with van der Waals surface area (Å²) in [5.41, 5.74) is 2.55. The van der Waals surface area contributed by atoms with Gasteiger partial charge in [0.2, 0.25) is 17.7 Å². The van der Waals surface area contributed by atoms with E-state index in [2.05, 4.69) is 10.4 Å². The molecule has 0 aliphatic carbocycles. The highest BCUT2D eigenvalue weighted by Gasteiger charge is 2.65. The number of hydrazone groups is 1. The van der Waals surface area contributed by atoms with Crippen LogP contribution in [0.15, 0.2) is 84.0 Å². The molecule has 0 saturated carbocycles. The second kappa shape index (κ2) is 7.62. The molecule has 3 aromatic carbocycles. The van der Waals surface area contributed by atoms with Crippen LogP contribution in [-0.4, -0.2) is 35.0 Å². The van der Waals surface area contributed by atoms with Crippen molar-refractivity contribution in [1.82, 2.24) is 5.01 Å². The highest BCUT2D eigenvalue weighted by Crippen LogP contribution is 2.52. The van der Waals surface area contributed by atoms with E-state index in [0.717, 1.165) is 16.0 Å². The van der Waals surface area contributed by atoms with Crippen LogP contribution in [0.25, 0.3) is 0 Å². The lowest BCUT2D eigenvalue weighted by Crippen LogP contribution is -2.46. The Kier molecular flexibility index (Phi) is 4.55. The standard InChI is InChI=1S/C26H19FN4O3/c27-16-10-12-18(13-11-16)30-25(33)20-21(26(30)34)23(24(32)29-17-7-2-1-3-8-17)31-22(20)19-9-5-4-6-15(19)14-28-31/h1-14,20-23H,(H,29,32)/t20-,21+,22+,23-/m1/s1. The van der Waals surface area contributed by atoms with Gasteiger partial charge in [-0.15, -0.1) is 0 Å². The number of benzene rings is 3. The van der Waals surface area contributed by atoms with Crippen molar-refractivity contribution >= 4 is 35.3 Å². The van der Waals surface area contributed by atoms with E-state index in [1.165, 1.54) is 24.3 Å². The predicted molar refractivity (Wildman–Crippen MR) is 123 cm³/mol. The van der Waals surface area contributed by atoms with Gasteiger partial charge in [-0.25, -0.2) is 9.29 Å². The van der Waals surface area contributed by atoms with Crippen LogP contribution < -0.4 is 10.2 Å². The van der Waals surface area contributed by atoms with Gasteiger partial charge in [-0.1, -0.05) is 42.5 Å². The summed E-state index contributed by atoms with van der Waals surface area (Å²) in [7, 11) is 0. The maximum absolute atomic E-state index is 13.7. The van der Waals surface area contributed by atoms with Crippen LogP contribution in [0.1, 0.15) is 17.2 Å². The first kappa shape index (κ1) is 20.3. The van der Waals surface area contributed by atoms with Crippen LogP contribution in [0.4, 0.5) is 15.8 Å². The number of hydrogen-bond acceptors (Lipinski definition) is 5. The Morgan fingerprint density at radius 3 is 2.29 bits per heavy atom. The first-order valence-electron chi connectivity index (χ1n) is 10.9. The number of carbonyl (C=O) groups is 3. The van der Waals surface area contributed by atoms with Gasteiger partial charge in [0, 0.05) is 5.69 Å². The van der Waals surface area contributed by atoms with E-state index in [9.17, 15) is 18.8 Å². The number of hydrogen-bond donors (Lipinski definition) is 1. The molecule has 3 aliphatic heterocycles. The number of para-hydroxylation sites is 1. The molecule has 3 aliphatic rings. The first-order chi connectivity index (χ1) is 16.5. The van der Waals surface area contributed by atoms with Crippen LogP contribution in [0.3, 0.4) is 0 Å². The van der Waals surface area contributed by atoms with E-state index in [1.807, 2.05) is 30.3 Å². The normalized spacial score (nSPS) is 24.6. The summed E-state index contributed by atoms with van der Waals surface area (Å²) in [6.07, 6.45) is 1.66. The summed E-state index contributed by atoms with van der Waals surface area (Å²) in [4.78, 5) is 41.9. The van der Waals surface area contributed by atoms with Crippen molar-refractivity contribution in [2.45, 2.75) is 12.1 Å². The SMILES string of the molecule is O=C(Nc1ccccc1)[C@H]1[C@H]2C(=O)N(c3ccc(F)cc3)C(=O)[C@H]2[C@@H]2c3ccccc3C=NN12. The molecule has 1 N–H and O–H groups in total. The largest absolute Gasteiger partial charge is 0.324 e. The number of fused-ring (bicyclic) bond motifs is 5. The molecule has 3 heterocycles. The molecule has 168 valence electrons. The summed E-state index contributed by atoms with van der Waals surface area (Å²) in [5.74, 6) is -3.53. The number of anilines is 2. The van der Waals surface area contributed by atoms with E-state index in [1.54, 1.807) is 35.5 Å². The van der Waals surface area contributed by atoms with Crippen LogP contribution in [-0.2, 0) is 14.4 Å². The second-order valence-electron chi connectivity index (χ2n) is 8.54. The first-order valence-corrected chi connectivity index (χ1v) is 10.9. The Hall–Kier alpha value is -4.33. The maximum atomic E-state index is 13.7. The van der Waals surface area contributed by atoms with Gasteiger partial charge in [0.05, 0.1) is 29.8 Å². The minimum absolute atomic E-state index is 0.284. The fourth-order valence-electron chi connectivity index (χ4n) is 5.25. The zero-order chi connectivity index (χ0) is 23.4. The molecule has 0 spiro atoms. The third-order valence-corrected chi connectivity index (χ3v) is 6.69. The summed E-state index contributed by atoms with van der Waals surface area (Å²) >= 11 is 0. The number of rotatable bonds is 3. The number of halogens is 1. The van der Waals surface area contributed by atoms with Gasteiger partial charge in [0.15, 0.2) is 0 Å². The van der Waals surface area contributed by atoms with Gasteiger partial charge in [0.1, 0.15) is 11.9 Å². The molecule has 3 aromatic rings. The molecular formula is C26H19FN4O3. The Bertz CT molecular complexity index is 1340. The number of nitrogens with one attached hydrogen (secondary N) is 1. The molecule has 0 bridgehead atoms. The summed E-state index contributed by atoms with van der Waals surface area (Å²) in [6.45, 7) is 0. The summed E-state index contributed by atoms with van der Waals surface area (Å²) in [6, 6.07) is 20.1. The predicted octanol–water partition coefficient (Wildman–Crippen LogP) is 3.34. The molecule has 0 radical (unpaired) electrons. The number of imide groups is 1.